The van der Waals surface area contributed by atoms with Crippen LogP contribution in [0.2, 0.25) is 0 Å². The van der Waals surface area contributed by atoms with Crippen molar-refractivity contribution >= 4 is 0 Å². The van der Waals surface area contributed by atoms with Gasteiger partial charge in [0.05, 0.1) is 0 Å². The van der Waals surface area contributed by atoms with Gasteiger partial charge in [-0.15, -0.1) is 0 Å². The van der Waals surface area contributed by atoms with E-state index in [1.165, 1.54) is 12.1 Å². The lowest BCUT2D eigenvalue weighted by Crippen LogP contribution is -2.50. The Hall–Kier alpha value is -0.960. The molecule has 1 fully saturated rings. The summed E-state index contributed by atoms with van der Waals surface area (Å²) in [4.78, 5) is 0. The van der Waals surface area contributed by atoms with Crippen LogP contribution in [0.1, 0.15) is 45.6 Å². The lowest BCUT2D eigenvalue weighted by Gasteiger charge is -2.46. The first-order valence-corrected chi connectivity index (χ1v) is 6.92. The van der Waals surface area contributed by atoms with Gasteiger partial charge in [-0.25, -0.2) is 8.78 Å². The second-order valence-electron chi connectivity index (χ2n) is 7.13. The number of halogens is 2. The smallest absolute Gasteiger partial charge is 0.126 e. The number of nitrogens with two attached hydrogens (primary N) is 1. The molecule has 1 nitrogen and oxygen atoms in total. The summed E-state index contributed by atoms with van der Waals surface area (Å²) in [5.41, 5.74) is 6.61. The van der Waals surface area contributed by atoms with Gasteiger partial charge >= 0.3 is 0 Å². The first-order valence-electron chi connectivity index (χ1n) is 6.92. The third kappa shape index (κ3) is 3.53. The van der Waals surface area contributed by atoms with Crippen molar-refractivity contribution < 1.29 is 8.78 Å². The number of hydrogen-bond donors (Lipinski definition) is 1. The first-order chi connectivity index (χ1) is 8.69. The molecule has 0 heterocycles. The summed E-state index contributed by atoms with van der Waals surface area (Å²) in [5, 5.41) is 0. The molecule has 2 unspecified atom stereocenters. The molecule has 0 aromatic heterocycles. The Labute approximate surface area is 114 Å². The van der Waals surface area contributed by atoms with Gasteiger partial charge in [-0.1, -0.05) is 20.8 Å². The highest BCUT2D eigenvalue weighted by atomic mass is 19.1. The van der Waals surface area contributed by atoms with Crippen LogP contribution in [-0.2, 0) is 6.42 Å². The monoisotopic (exact) mass is 267 g/mol. The minimum absolute atomic E-state index is 0.163. The Kier molecular flexibility index (Phi) is 3.69. The number of hydrogen-bond acceptors (Lipinski definition) is 1. The van der Waals surface area contributed by atoms with Crippen LogP contribution < -0.4 is 5.73 Å². The summed E-state index contributed by atoms with van der Waals surface area (Å²) in [6.07, 6.45) is 3.26. The SMILES string of the molecule is CC1CC(C)(C)CC(N)(Cc2cc(F)ccc2F)C1. The van der Waals surface area contributed by atoms with E-state index in [2.05, 4.69) is 20.8 Å². The quantitative estimate of drug-likeness (QED) is 0.859. The molecule has 0 aliphatic heterocycles. The Balaban J connectivity index is 2.23. The van der Waals surface area contributed by atoms with Gasteiger partial charge in [0.2, 0.25) is 0 Å². The zero-order chi connectivity index (χ0) is 14.3. The van der Waals surface area contributed by atoms with E-state index in [1.807, 2.05) is 0 Å². The maximum absolute atomic E-state index is 13.8. The van der Waals surface area contributed by atoms with E-state index in [4.69, 9.17) is 5.73 Å². The van der Waals surface area contributed by atoms with Crippen molar-refractivity contribution in [2.75, 3.05) is 0 Å². The fourth-order valence-corrected chi connectivity index (χ4v) is 4.00. The van der Waals surface area contributed by atoms with Crippen LogP contribution in [0.3, 0.4) is 0 Å². The molecule has 1 aromatic carbocycles. The van der Waals surface area contributed by atoms with Crippen molar-refractivity contribution in [1.29, 1.82) is 0 Å². The van der Waals surface area contributed by atoms with Crippen LogP contribution >= 0.6 is 0 Å². The molecule has 1 aliphatic carbocycles. The van der Waals surface area contributed by atoms with E-state index in [0.717, 1.165) is 25.3 Å². The van der Waals surface area contributed by atoms with Crippen molar-refractivity contribution in [3.05, 3.63) is 35.4 Å². The minimum Gasteiger partial charge on any atom is -0.325 e. The molecule has 1 aliphatic rings. The summed E-state index contributed by atoms with van der Waals surface area (Å²) >= 11 is 0. The van der Waals surface area contributed by atoms with Crippen LogP contribution in [0.15, 0.2) is 18.2 Å². The average molecular weight is 267 g/mol. The number of rotatable bonds is 2. The van der Waals surface area contributed by atoms with Crippen LogP contribution in [0.4, 0.5) is 8.78 Å². The second-order valence-corrected chi connectivity index (χ2v) is 7.13. The van der Waals surface area contributed by atoms with Gasteiger partial charge in [-0.2, -0.15) is 0 Å². The van der Waals surface area contributed by atoms with Gasteiger partial charge in [0.1, 0.15) is 11.6 Å². The molecule has 106 valence electrons. The lowest BCUT2D eigenvalue weighted by atomic mass is 9.63. The molecule has 0 amide bonds. The van der Waals surface area contributed by atoms with Crippen molar-refractivity contribution in [3.63, 3.8) is 0 Å². The predicted octanol–water partition coefficient (Wildman–Crippen LogP) is 4.05. The van der Waals surface area contributed by atoms with Gasteiger partial charge in [0.25, 0.3) is 0 Å². The molecule has 19 heavy (non-hydrogen) atoms. The maximum Gasteiger partial charge on any atom is 0.126 e. The highest BCUT2D eigenvalue weighted by molar-refractivity contribution is 5.22. The zero-order valence-electron chi connectivity index (χ0n) is 12.0. The van der Waals surface area contributed by atoms with Crippen molar-refractivity contribution in [1.82, 2.24) is 0 Å². The lowest BCUT2D eigenvalue weighted by molar-refractivity contribution is 0.107. The first kappa shape index (κ1) is 14.4. The maximum atomic E-state index is 13.8. The summed E-state index contributed by atoms with van der Waals surface area (Å²) in [7, 11) is 0. The third-order valence-corrected chi connectivity index (χ3v) is 4.04. The van der Waals surface area contributed by atoms with E-state index in [0.29, 0.717) is 17.9 Å². The molecule has 3 heteroatoms. The van der Waals surface area contributed by atoms with Gasteiger partial charge in [-0.05, 0) is 60.8 Å². The predicted molar refractivity (Wildman–Crippen MR) is 73.8 cm³/mol. The van der Waals surface area contributed by atoms with Gasteiger partial charge in [0, 0.05) is 5.54 Å². The fourth-order valence-electron chi connectivity index (χ4n) is 4.00. The molecular formula is C16H23F2N. The molecule has 0 saturated heterocycles. The van der Waals surface area contributed by atoms with E-state index >= 15 is 0 Å². The molecule has 1 aromatic rings. The molecule has 0 radical (unpaired) electrons. The summed E-state index contributed by atoms with van der Waals surface area (Å²) in [6.45, 7) is 6.59. The van der Waals surface area contributed by atoms with E-state index in [9.17, 15) is 8.78 Å². The molecule has 2 rings (SSSR count). The standard InChI is InChI=1S/C16H23F2N/c1-11-7-15(2,3)10-16(19,8-11)9-12-6-13(17)4-5-14(12)18/h4-6,11H,7-10,19H2,1-3H3. The highest BCUT2D eigenvalue weighted by Gasteiger charge is 2.40. The van der Waals surface area contributed by atoms with Crippen LogP contribution in [0.25, 0.3) is 0 Å². The zero-order valence-corrected chi connectivity index (χ0v) is 12.0. The minimum atomic E-state index is -0.435. The topological polar surface area (TPSA) is 26.0 Å². The fraction of sp³-hybridized carbons (Fsp3) is 0.625. The van der Waals surface area contributed by atoms with E-state index in [1.54, 1.807) is 0 Å². The Morgan fingerprint density at radius 2 is 1.95 bits per heavy atom. The molecule has 0 spiro atoms. The van der Waals surface area contributed by atoms with Crippen molar-refractivity contribution in [3.8, 4) is 0 Å². The third-order valence-electron chi connectivity index (χ3n) is 4.04. The molecule has 2 atom stereocenters. The highest BCUT2D eigenvalue weighted by Crippen LogP contribution is 2.44. The van der Waals surface area contributed by atoms with Crippen molar-refractivity contribution in [2.45, 2.75) is 52.0 Å². The van der Waals surface area contributed by atoms with Crippen LogP contribution in [-0.4, -0.2) is 5.54 Å². The summed E-state index contributed by atoms with van der Waals surface area (Å²) < 4.78 is 27.0. The van der Waals surface area contributed by atoms with Crippen LogP contribution in [0, 0.1) is 23.0 Å². The summed E-state index contributed by atoms with van der Waals surface area (Å²) in [5.74, 6) is -0.240. The Bertz CT molecular complexity index is 470. The Morgan fingerprint density at radius 1 is 1.26 bits per heavy atom. The van der Waals surface area contributed by atoms with Crippen LogP contribution in [0.5, 0.6) is 0 Å². The van der Waals surface area contributed by atoms with E-state index in [-0.39, 0.29) is 11.2 Å². The number of benzene rings is 1. The molecular weight excluding hydrogens is 244 g/mol. The molecule has 0 bridgehead atoms. The van der Waals surface area contributed by atoms with E-state index < -0.39 is 11.4 Å². The second kappa shape index (κ2) is 4.86. The average Bonchev–Trinajstić information content (AvgIpc) is 2.19. The largest absolute Gasteiger partial charge is 0.325 e. The molecule has 2 N–H and O–H groups in total. The van der Waals surface area contributed by atoms with Gasteiger partial charge in [0.15, 0.2) is 0 Å². The Morgan fingerprint density at radius 3 is 2.58 bits per heavy atom. The normalized spacial score (nSPS) is 30.3. The summed E-state index contributed by atoms with van der Waals surface area (Å²) in [6, 6.07) is 3.61. The van der Waals surface area contributed by atoms with Gasteiger partial charge in [-0.3, -0.25) is 0 Å². The van der Waals surface area contributed by atoms with Gasteiger partial charge < -0.3 is 5.73 Å². The molecule has 1 saturated carbocycles. The van der Waals surface area contributed by atoms with Crippen molar-refractivity contribution in [2.24, 2.45) is 17.1 Å².